The van der Waals surface area contributed by atoms with Gasteiger partial charge in [-0.1, -0.05) is 5.16 Å². The Hall–Kier alpha value is -3.42. The molecule has 4 rings (SSSR count). The molecule has 0 fully saturated rings. The van der Waals surface area contributed by atoms with E-state index in [1.807, 2.05) is 6.07 Å². The van der Waals surface area contributed by atoms with Crippen LogP contribution in [0.4, 0.5) is 5.69 Å². The number of ether oxygens (including phenoxy) is 2. The number of hydrogen-bond acceptors (Lipinski definition) is 7. The van der Waals surface area contributed by atoms with Crippen LogP contribution in [0.3, 0.4) is 0 Å². The second-order valence-electron chi connectivity index (χ2n) is 5.66. The summed E-state index contributed by atoms with van der Waals surface area (Å²) in [5.74, 6) is 2.03. The van der Waals surface area contributed by atoms with E-state index in [4.69, 9.17) is 14.0 Å². The number of nitrogens with one attached hydrogen (secondary N) is 1. The summed E-state index contributed by atoms with van der Waals surface area (Å²) < 4.78 is 16.2. The molecule has 8 heteroatoms. The molecular weight excluding hydrogens is 336 g/mol. The van der Waals surface area contributed by atoms with Gasteiger partial charge in [-0.05, 0) is 24.3 Å². The molecule has 1 aliphatic heterocycles. The van der Waals surface area contributed by atoms with Gasteiger partial charge in [-0.2, -0.15) is 4.98 Å². The zero-order chi connectivity index (χ0) is 17.8. The lowest BCUT2D eigenvalue weighted by Crippen LogP contribution is -2.16. The van der Waals surface area contributed by atoms with Crippen LogP contribution in [0.1, 0.15) is 12.3 Å². The lowest BCUT2D eigenvalue weighted by atomic mass is 10.2. The highest BCUT2D eigenvalue weighted by Crippen LogP contribution is 2.32. The van der Waals surface area contributed by atoms with Gasteiger partial charge in [0.1, 0.15) is 13.2 Å². The van der Waals surface area contributed by atoms with Crippen LogP contribution in [0, 0.1) is 0 Å². The molecule has 1 aromatic carbocycles. The summed E-state index contributed by atoms with van der Waals surface area (Å²) in [5, 5.41) is 6.73. The Balaban J connectivity index is 1.34. The molecule has 3 aromatic rings. The molecule has 1 N–H and O–H groups in total. The smallest absolute Gasteiger partial charge is 0.227 e. The molecule has 2 aromatic heterocycles. The summed E-state index contributed by atoms with van der Waals surface area (Å²) in [7, 11) is 0. The molecular formula is C18H16N4O4. The molecule has 0 aliphatic carbocycles. The first kappa shape index (κ1) is 16.1. The Kier molecular flexibility index (Phi) is 4.46. The second-order valence-corrected chi connectivity index (χ2v) is 5.66. The van der Waals surface area contributed by atoms with Crippen LogP contribution in [0.5, 0.6) is 11.5 Å². The van der Waals surface area contributed by atoms with Gasteiger partial charge < -0.3 is 19.3 Å². The van der Waals surface area contributed by atoms with Gasteiger partial charge in [-0.25, -0.2) is 0 Å². The summed E-state index contributed by atoms with van der Waals surface area (Å²) in [4.78, 5) is 20.4. The number of aromatic nitrogens is 3. The van der Waals surface area contributed by atoms with Crippen molar-refractivity contribution in [3.8, 4) is 22.9 Å². The van der Waals surface area contributed by atoms with Gasteiger partial charge in [0, 0.05) is 42.6 Å². The van der Waals surface area contributed by atoms with E-state index in [9.17, 15) is 4.79 Å². The summed E-state index contributed by atoms with van der Waals surface area (Å²) in [5.41, 5.74) is 1.42. The Morgan fingerprint density at radius 2 is 2.04 bits per heavy atom. The lowest BCUT2D eigenvalue weighted by Gasteiger charge is -2.18. The van der Waals surface area contributed by atoms with Crippen molar-refractivity contribution in [1.82, 2.24) is 15.1 Å². The van der Waals surface area contributed by atoms with Crippen molar-refractivity contribution in [2.45, 2.75) is 12.8 Å². The SMILES string of the molecule is O=C(CCc1nc(-c2cccnc2)no1)Nc1ccc2c(c1)OCCO2. The van der Waals surface area contributed by atoms with E-state index >= 15 is 0 Å². The largest absolute Gasteiger partial charge is 0.486 e. The first-order chi connectivity index (χ1) is 12.8. The molecule has 3 heterocycles. The number of benzene rings is 1. The highest BCUT2D eigenvalue weighted by molar-refractivity contribution is 5.91. The molecule has 0 radical (unpaired) electrons. The van der Waals surface area contributed by atoms with Crippen LogP contribution in [-0.2, 0) is 11.2 Å². The first-order valence-corrected chi connectivity index (χ1v) is 8.20. The third kappa shape index (κ3) is 3.64. The third-order valence-corrected chi connectivity index (χ3v) is 3.78. The van der Waals surface area contributed by atoms with Crippen molar-refractivity contribution in [3.63, 3.8) is 0 Å². The number of amides is 1. The summed E-state index contributed by atoms with van der Waals surface area (Å²) in [6.45, 7) is 1.03. The zero-order valence-corrected chi connectivity index (χ0v) is 13.8. The van der Waals surface area contributed by atoms with E-state index in [0.29, 0.717) is 48.5 Å². The summed E-state index contributed by atoms with van der Waals surface area (Å²) in [6, 6.07) is 8.95. The lowest BCUT2D eigenvalue weighted by molar-refractivity contribution is -0.116. The zero-order valence-electron chi connectivity index (χ0n) is 13.8. The van der Waals surface area contributed by atoms with E-state index in [-0.39, 0.29) is 12.3 Å². The van der Waals surface area contributed by atoms with E-state index in [0.717, 1.165) is 5.56 Å². The molecule has 0 saturated heterocycles. The maximum absolute atomic E-state index is 12.1. The Bertz CT molecular complexity index is 911. The highest BCUT2D eigenvalue weighted by Gasteiger charge is 2.14. The van der Waals surface area contributed by atoms with Gasteiger partial charge in [-0.15, -0.1) is 0 Å². The second kappa shape index (κ2) is 7.22. The van der Waals surface area contributed by atoms with Crippen molar-refractivity contribution >= 4 is 11.6 Å². The molecule has 1 aliphatic rings. The fourth-order valence-electron chi connectivity index (χ4n) is 2.53. The van der Waals surface area contributed by atoms with Crippen molar-refractivity contribution in [3.05, 3.63) is 48.6 Å². The number of hydrogen-bond donors (Lipinski definition) is 1. The summed E-state index contributed by atoms with van der Waals surface area (Å²) in [6.07, 6.45) is 3.91. The fourth-order valence-corrected chi connectivity index (χ4v) is 2.53. The van der Waals surface area contributed by atoms with Crippen molar-refractivity contribution in [2.75, 3.05) is 18.5 Å². The Morgan fingerprint density at radius 1 is 1.15 bits per heavy atom. The van der Waals surface area contributed by atoms with Crippen molar-refractivity contribution in [1.29, 1.82) is 0 Å². The molecule has 0 unspecified atom stereocenters. The third-order valence-electron chi connectivity index (χ3n) is 3.78. The number of rotatable bonds is 5. The van der Waals surface area contributed by atoms with Crippen LogP contribution >= 0.6 is 0 Å². The normalized spacial score (nSPS) is 12.6. The number of anilines is 1. The number of aryl methyl sites for hydroxylation is 1. The molecule has 0 spiro atoms. The number of carbonyl (C=O) groups is 1. The van der Waals surface area contributed by atoms with Crippen LogP contribution in [-0.4, -0.2) is 34.2 Å². The van der Waals surface area contributed by atoms with E-state index in [1.165, 1.54) is 0 Å². The average Bonchev–Trinajstić information content (AvgIpc) is 3.16. The Morgan fingerprint density at radius 3 is 2.88 bits per heavy atom. The summed E-state index contributed by atoms with van der Waals surface area (Å²) >= 11 is 0. The van der Waals surface area contributed by atoms with Gasteiger partial charge in [-0.3, -0.25) is 9.78 Å². The van der Waals surface area contributed by atoms with Crippen LogP contribution in [0.2, 0.25) is 0 Å². The van der Waals surface area contributed by atoms with Crippen LogP contribution in [0.25, 0.3) is 11.4 Å². The fraction of sp³-hybridized carbons (Fsp3) is 0.222. The van der Waals surface area contributed by atoms with Crippen molar-refractivity contribution < 1.29 is 18.8 Å². The molecule has 0 atom stereocenters. The van der Waals surface area contributed by atoms with Crippen LogP contribution < -0.4 is 14.8 Å². The monoisotopic (exact) mass is 352 g/mol. The van der Waals surface area contributed by atoms with Gasteiger partial charge in [0.05, 0.1) is 0 Å². The number of nitrogens with zero attached hydrogens (tertiary/aromatic N) is 3. The van der Waals surface area contributed by atoms with Crippen molar-refractivity contribution in [2.24, 2.45) is 0 Å². The highest BCUT2D eigenvalue weighted by atomic mass is 16.6. The van der Waals surface area contributed by atoms with Gasteiger partial charge in [0.25, 0.3) is 0 Å². The predicted octanol–water partition coefficient (Wildman–Crippen LogP) is 2.47. The standard InChI is InChI=1S/C18H16N4O4/c23-16(20-13-3-4-14-15(10-13)25-9-8-24-14)5-6-17-21-18(22-26-17)12-2-1-7-19-11-12/h1-4,7,10-11H,5-6,8-9H2,(H,20,23). The quantitative estimate of drug-likeness (QED) is 0.753. The topological polar surface area (TPSA) is 99.4 Å². The maximum atomic E-state index is 12.1. The molecule has 132 valence electrons. The molecule has 0 bridgehead atoms. The number of carbonyl (C=O) groups excluding carboxylic acids is 1. The van der Waals surface area contributed by atoms with E-state index in [2.05, 4.69) is 20.4 Å². The van der Waals surface area contributed by atoms with E-state index < -0.39 is 0 Å². The average molecular weight is 352 g/mol. The molecule has 1 amide bonds. The predicted molar refractivity (Wildman–Crippen MR) is 91.9 cm³/mol. The Labute approximate surface area is 149 Å². The van der Waals surface area contributed by atoms with Gasteiger partial charge >= 0.3 is 0 Å². The van der Waals surface area contributed by atoms with E-state index in [1.54, 1.807) is 36.7 Å². The maximum Gasteiger partial charge on any atom is 0.227 e. The number of pyridine rings is 1. The molecule has 0 saturated carbocycles. The minimum Gasteiger partial charge on any atom is -0.486 e. The first-order valence-electron chi connectivity index (χ1n) is 8.20. The van der Waals surface area contributed by atoms with Gasteiger partial charge in [0.2, 0.25) is 17.6 Å². The number of fused-ring (bicyclic) bond motifs is 1. The minimum atomic E-state index is -0.150. The minimum absolute atomic E-state index is 0.150. The van der Waals surface area contributed by atoms with Gasteiger partial charge in [0.15, 0.2) is 11.5 Å². The molecule has 8 nitrogen and oxygen atoms in total. The van der Waals surface area contributed by atoms with Crippen LogP contribution in [0.15, 0.2) is 47.2 Å². The molecule has 26 heavy (non-hydrogen) atoms.